The Labute approximate surface area is 63.3 Å². The molecule has 0 aromatic heterocycles. The van der Waals surface area contributed by atoms with Crippen LogP contribution >= 0.6 is 33.3 Å². The standard InChI is InChI=1S/C5H10S3/c1-4-7-8-5(2)6-3/h2,4H2,1,3H3. The van der Waals surface area contributed by atoms with E-state index in [-0.39, 0.29) is 0 Å². The van der Waals surface area contributed by atoms with Crippen LogP contribution in [0.1, 0.15) is 6.92 Å². The van der Waals surface area contributed by atoms with Crippen molar-refractivity contribution in [1.29, 1.82) is 0 Å². The summed E-state index contributed by atoms with van der Waals surface area (Å²) in [6.45, 7) is 5.96. The molecular weight excluding hydrogens is 156 g/mol. The Morgan fingerprint density at radius 3 is 2.62 bits per heavy atom. The van der Waals surface area contributed by atoms with Gasteiger partial charge in [-0.1, -0.05) is 35.1 Å². The molecule has 0 N–H and O–H groups in total. The summed E-state index contributed by atoms with van der Waals surface area (Å²) in [6.07, 6.45) is 2.05. The van der Waals surface area contributed by atoms with E-state index in [4.69, 9.17) is 0 Å². The van der Waals surface area contributed by atoms with Gasteiger partial charge in [-0.3, -0.25) is 0 Å². The molecule has 0 aromatic rings. The van der Waals surface area contributed by atoms with Crippen LogP contribution in [-0.4, -0.2) is 12.0 Å². The number of thioether (sulfide) groups is 1. The van der Waals surface area contributed by atoms with Crippen molar-refractivity contribution in [1.82, 2.24) is 0 Å². The predicted molar refractivity (Wildman–Crippen MR) is 48.4 cm³/mol. The van der Waals surface area contributed by atoms with E-state index in [0.717, 1.165) is 5.75 Å². The first-order chi connectivity index (χ1) is 3.81. The van der Waals surface area contributed by atoms with Gasteiger partial charge < -0.3 is 0 Å². The molecule has 0 heterocycles. The zero-order valence-electron chi connectivity index (χ0n) is 5.14. The number of hydrogen-bond donors (Lipinski definition) is 0. The molecule has 0 rings (SSSR count). The van der Waals surface area contributed by atoms with Crippen LogP contribution in [0.15, 0.2) is 10.8 Å². The average Bonchev–Trinajstić information content (AvgIpc) is 1.83. The van der Waals surface area contributed by atoms with Crippen molar-refractivity contribution >= 4 is 33.3 Å². The minimum Gasteiger partial charge on any atom is -0.122 e. The highest BCUT2D eigenvalue weighted by atomic mass is 33.1. The van der Waals surface area contributed by atoms with Gasteiger partial charge in [-0.25, -0.2) is 0 Å². The quantitative estimate of drug-likeness (QED) is 0.589. The van der Waals surface area contributed by atoms with Crippen LogP contribution in [0.3, 0.4) is 0 Å². The zero-order valence-corrected chi connectivity index (χ0v) is 7.59. The van der Waals surface area contributed by atoms with Crippen molar-refractivity contribution in [2.75, 3.05) is 12.0 Å². The molecule has 8 heavy (non-hydrogen) atoms. The second-order valence-corrected chi connectivity index (χ2v) is 4.91. The SMILES string of the molecule is C=C(SC)SSCC. The Morgan fingerprint density at radius 2 is 2.25 bits per heavy atom. The second kappa shape index (κ2) is 5.92. The van der Waals surface area contributed by atoms with E-state index >= 15 is 0 Å². The van der Waals surface area contributed by atoms with Crippen LogP contribution < -0.4 is 0 Å². The zero-order chi connectivity index (χ0) is 6.41. The molecule has 0 saturated heterocycles. The van der Waals surface area contributed by atoms with Gasteiger partial charge in [0, 0.05) is 9.99 Å². The lowest BCUT2D eigenvalue weighted by atomic mass is 11.0. The van der Waals surface area contributed by atoms with Crippen LogP contribution in [0, 0.1) is 0 Å². The van der Waals surface area contributed by atoms with Crippen molar-refractivity contribution in [2.45, 2.75) is 6.92 Å². The fourth-order valence-electron chi connectivity index (χ4n) is 0.159. The largest absolute Gasteiger partial charge is 0.122 e. The molecular formula is C5H10S3. The normalized spacial score (nSPS) is 9.25. The molecule has 0 radical (unpaired) electrons. The van der Waals surface area contributed by atoms with Gasteiger partial charge in [0.25, 0.3) is 0 Å². The molecule has 0 spiro atoms. The summed E-state index contributed by atoms with van der Waals surface area (Å²) in [7, 11) is 3.60. The first kappa shape index (κ1) is 8.79. The van der Waals surface area contributed by atoms with E-state index < -0.39 is 0 Å². The smallest absolute Gasteiger partial charge is 0.0435 e. The van der Waals surface area contributed by atoms with E-state index in [9.17, 15) is 0 Å². The van der Waals surface area contributed by atoms with Gasteiger partial charge in [0.15, 0.2) is 0 Å². The van der Waals surface area contributed by atoms with Gasteiger partial charge in [-0.2, -0.15) is 0 Å². The van der Waals surface area contributed by atoms with Gasteiger partial charge in [0.1, 0.15) is 0 Å². The minimum atomic E-state index is 1.16. The first-order valence-electron chi connectivity index (χ1n) is 2.33. The Hall–Kier alpha value is 0.790. The molecule has 0 bridgehead atoms. The lowest BCUT2D eigenvalue weighted by Gasteiger charge is -1.95. The van der Waals surface area contributed by atoms with Gasteiger partial charge in [-0.15, -0.1) is 11.8 Å². The molecule has 0 aliphatic heterocycles. The first-order valence-corrected chi connectivity index (χ1v) is 5.88. The van der Waals surface area contributed by atoms with Gasteiger partial charge in [0.2, 0.25) is 0 Å². The van der Waals surface area contributed by atoms with Gasteiger partial charge >= 0.3 is 0 Å². The summed E-state index contributed by atoms with van der Waals surface area (Å²) < 4.78 is 1.19. The second-order valence-electron chi connectivity index (χ2n) is 1.07. The van der Waals surface area contributed by atoms with Crippen LogP contribution in [0.5, 0.6) is 0 Å². The Bertz CT molecular complexity index is 70.1. The molecule has 0 aromatic carbocycles. The lowest BCUT2D eigenvalue weighted by molar-refractivity contribution is 1.54. The predicted octanol–water partition coefficient (Wildman–Crippen LogP) is 3.22. The Balaban J connectivity index is 2.99. The van der Waals surface area contributed by atoms with Crippen LogP contribution in [-0.2, 0) is 0 Å². The molecule has 0 aliphatic carbocycles. The Morgan fingerprint density at radius 1 is 1.62 bits per heavy atom. The molecule has 0 unspecified atom stereocenters. The fraction of sp³-hybridized carbons (Fsp3) is 0.600. The molecule has 0 fully saturated rings. The lowest BCUT2D eigenvalue weighted by Crippen LogP contribution is -1.59. The van der Waals surface area contributed by atoms with E-state index in [1.165, 1.54) is 4.24 Å². The number of hydrogen-bond acceptors (Lipinski definition) is 3. The molecule has 3 heteroatoms. The molecule has 0 atom stereocenters. The summed E-state index contributed by atoms with van der Waals surface area (Å²) in [5.41, 5.74) is 0. The van der Waals surface area contributed by atoms with Crippen LogP contribution in [0.4, 0.5) is 0 Å². The van der Waals surface area contributed by atoms with Crippen molar-refractivity contribution in [3.8, 4) is 0 Å². The van der Waals surface area contributed by atoms with E-state index in [0.29, 0.717) is 0 Å². The van der Waals surface area contributed by atoms with Crippen molar-refractivity contribution in [2.24, 2.45) is 0 Å². The summed E-state index contributed by atoms with van der Waals surface area (Å²) in [6, 6.07) is 0. The van der Waals surface area contributed by atoms with Gasteiger partial charge in [-0.05, 0) is 6.26 Å². The van der Waals surface area contributed by atoms with Crippen molar-refractivity contribution in [3.05, 3.63) is 10.8 Å². The van der Waals surface area contributed by atoms with Crippen molar-refractivity contribution < 1.29 is 0 Å². The van der Waals surface area contributed by atoms with Gasteiger partial charge in [0.05, 0.1) is 0 Å². The topological polar surface area (TPSA) is 0 Å². The third-order valence-electron chi connectivity index (χ3n) is 0.497. The molecule has 0 saturated carbocycles. The van der Waals surface area contributed by atoms with Crippen molar-refractivity contribution in [3.63, 3.8) is 0 Å². The van der Waals surface area contributed by atoms with E-state index in [1.807, 2.05) is 17.0 Å². The maximum Gasteiger partial charge on any atom is 0.0435 e. The highest BCUT2D eigenvalue weighted by Crippen LogP contribution is 2.34. The fourth-order valence-corrected chi connectivity index (χ4v) is 2.47. The van der Waals surface area contributed by atoms with E-state index in [2.05, 4.69) is 13.5 Å². The summed E-state index contributed by atoms with van der Waals surface area (Å²) in [5, 5.41) is 0. The highest BCUT2D eigenvalue weighted by Gasteiger charge is 1.88. The van der Waals surface area contributed by atoms with Crippen LogP contribution in [0.25, 0.3) is 0 Å². The molecule has 0 amide bonds. The molecule has 0 aliphatic rings. The summed E-state index contributed by atoms with van der Waals surface area (Å²) in [4.78, 5) is 0. The maximum absolute atomic E-state index is 3.82. The van der Waals surface area contributed by atoms with Crippen LogP contribution in [0.2, 0.25) is 0 Å². The molecule has 48 valence electrons. The number of rotatable bonds is 4. The summed E-state index contributed by atoms with van der Waals surface area (Å²) in [5.74, 6) is 1.16. The minimum absolute atomic E-state index is 1.16. The average molecular weight is 166 g/mol. The summed E-state index contributed by atoms with van der Waals surface area (Å²) >= 11 is 1.71. The Kier molecular flexibility index (Phi) is 6.50. The third-order valence-corrected chi connectivity index (χ3v) is 4.22. The monoisotopic (exact) mass is 166 g/mol. The highest BCUT2D eigenvalue weighted by molar-refractivity contribution is 8.80. The third kappa shape index (κ3) is 4.94. The maximum atomic E-state index is 3.82. The van der Waals surface area contributed by atoms with E-state index in [1.54, 1.807) is 22.6 Å². The molecule has 0 nitrogen and oxygen atoms in total.